The van der Waals surface area contributed by atoms with Gasteiger partial charge >= 0.3 is 5.97 Å². The van der Waals surface area contributed by atoms with Crippen LogP contribution in [0.1, 0.15) is 61.2 Å². The molecule has 2 N–H and O–H groups in total. The van der Waals surface area contributed by atoms with E-state index in [9.17, 15) is 4.79 Å². The van der Waals surface area contributed by atoms with Gasteiger partial charge in [0.15, 0.2) is 0 Å². The second kappa shape index (κ2) is 8.80. The van der Waals surface area contributed by atoms with E-state index in [0.29, 0.717) is 6.42 Å². The third kappa shape index (κ3) is 5.37. The lowest BCUT2D eigenvalue weighted by molar-refractivity contribution is -0.137. The van der Waals surface area contributed by atoms with Crippen molar-refractivity contribution < 1.29 is 19.4 Å². The third-order valence-electron chi connectivity index (χ3n) is 3.75. The molecular formula is C16H26O4. The van der Waals surface area contributed by atoms with Crippen LogP contribution in [0, 0.1) is 13.8 Å². The van der Waals surface area contributed by atoms with E-state index >= 15 is 0 Å². The summed E-state index contributed by atoms with van der Waals surface area (Å²) in [5.41, 5.74) is 2.43. The fourth-order valence-corrected chi connectivity index (χ4v) is 2.33. The van der Waals surface area contributed by atoms with Gasteiger partial charge in [-0.25, -0.2) is 0 Å². The van der Waals surface area contributed by atoms with Crippen LogP contribution in [-0.2, 0) is 17.6 Å². The molecule has 0 aliphatic rings. The summed E-state index contributed by atoms with van der Waals surface area (Å²) in [5, 5.41) is 17.4. The van der Waals surface area contributed by atoms with Crippen molar-refractivity contribution in [3.05, 3.63) is 22.6 Å². The maximum absolute atomic E-state index is 10.5. The highest BCUT2D eigenvalue weighted by molar-refractivity contribution is 5.66. The lowest BCUT2D eigenvalue weighted by atomic mass is 10.1. The first-order valence-electron chi connectivity index (χ1n) is 7.46. The number of carbonyl (C=O) groups is 1. The van der Waals surface area contributed by atoms with Crippen molar-refractivity contribution >= 4 is 5.97 Å². The average Bonchev–Trinajstić information content (AvgIpc) is 2.68. The standard InChI is InChI=1S/C16H26O4/c1-12-13(2)15(9-5-6-10-16(18)19)20-14(12)8-4-3-7-11-17/h17H,3-11H2,1-2H3,(H,18,19). The minimum absolute atomic E-state index is 0.229. The van der Waals surface area contributed by atoms with Gasteiger partial charge < -0.3 is 14.6 Å². The molecule has 0 aliphatic carbocycles. The second-order valence-corrected chi connectivity index (χ2v) is 5.33. The molecule has 0 spiro atoms. The molecule has 0 radical (unpaired) electrons. The molecule has 0 atom stereocenters. The van der Waals surface area contributed by atoms with Crippen molar-refractivity contribution in [1.29, 1.82) is 0 Å². The first kappa shape index (κ1) is 16.8. The molecule has 20 heavy (non-hydrogen) atoms. The molecule has 1 aromatic heterocycles. The molecule has 114 valence electrons. The van der Waals surface area contributed by atoms with Crippen LogP contribution >= 0.6 is 0 Å². The van der Waals surface area contributed by atoms with E-state index < -0.39 is 5.97 Å². The summed E-state index contributed by atoms with van der Waals surface area (Å²) in [4.78, 5) is 10.5. The van der Waals surface area contributed by atoms with Crippen molar-refractivity contribution in [3.63, 3.8) is 0 Å². The average molecular weight is 282 g/mol. The van der Waals surface area contributed by atoms with E-state index in [4.69, 9.17) is 14.6 Å². The minimum atomic E-state index is -0.734. The highest BCUT2D eigenvalue weighted by atomic mass is 16.4. The van der Waals surface area contributed by atoms with E-state index in [1.54, 1.807) is 0 Å². The summed E-state index contributed by atoms with van der Waals surface area (Å²) >= 11 is 0. The molecule has 0 aromatic carbocycles. The summed E-state index contributed by atoms with van der Waals surface area (Å²) in [7, 11) is 0. The number of furan rings is 1. The molecule has 4 heteroatoms. The van der Waals surface area contributed by atoms with Gasteiger partial charge in [0.1, 0.15) is 11.5 Å². The van der Waals surface area contributed by atoms with Gasteiger partial charge in [-0.2, -0.15) is 0 Å². The molecule has 0 saturated carbocycles. The second-order valence-electron chi connectivity index (χ2n) is 5.33. The zero-order valence-corrected chi connectivity index (χ0v) is 12.6. The Kier molecular flexibility index (Phi) is 7.37. The molecule has 1 aromatic rings. The predicted molar refractivity (Wildman–Crippen MR) is 78.0 cm³/mol. The third-order valence-corrected chi connectivity index (χ3v) is 3.75. The van der Waals surface area contributed by atoms with E-state index in [1.807, 2.05) is 0 Å². The Morgan fingerprint density at radius 2 is 1.50 bits per heavy atom. The van der Waals surface area contributed by atoms with Crippen LogP contribution in [0.15, 0.2) is 4.42 Å². The maximum Gasteiger partial charge on any atom is 0.303 e. The van der Waals surface area contributed by atoms with Crippen molar-refractivity contribution in [1.82, 2.24) is 0 Å². The molecule has 0 saturated heterocycles. The van der Waals surface area contributed by atoms with Crippen LogP contribution < -0.4 is 0 Å². The van der Waals surface area contributed by atoms with Crippen molar-refractivity contribution in [2.45, 2.75) is 65.2 Å². The number of rotatable bonds is 10. The summed E-state index contributed by atoms with van der Waals surface area (Å²) in [6.07, 6.45) is 6.41. The highest BCUT2D eigenvalue weighted by Crippen LogP contribution is 2.24. The minimum Gasteiger partial charge on any atom is -0.481 e. The Morgan fingerprint density at radius 1 is 0.950 bits per heavy atom. The van der Waals surface area contributed by atoms with E-state index in [-0.39, 0.29) is 13.0 Å². The van der Waals surface area contributed by atoms with Crippen molar-refractivity contribution in [2.75, 3.05) is 6.61 Å². The molecule has 0 unspecified atom stereocenters. The topological polar surface area (TPSA) is 70.7 Å². The Morgan fingerprint density at radius 3 is 2.00 bits per heavy atom. The highest BCUT2D eigenvalue weighted by Gasteiger charge is 2.13. The number of hydrogen-bond acceptors (Lipinski definition) is 3. The quantitative estimate of drug-likeness (QED) is 0.645. The van der Waals surface area contributed by atoms with Crippen LogP contribution in [0.25, 0.3) is 0 Å². The van der Waals surface area contributed by atoms with Gasteiger partial charge in [0, 0.05) is 25.9 Å². The molecule has 0 fully saturated rings. The zero-order valence-electron chi connectivity index (χ0n) is 12.6. The fourth-order valence-electron chi connectivity index (χ4n) is 2.33. The predicted octanol–water partition coefficient (Wildman–Crippen LogP) is 3.40. The lowest BCUT2D eigenvalue weighted by Crippen LogP contribution is -1.95. The van der Waals surface area contributed by atoms with Crippen LogP contribution in [0.3, 0.4) is 0 Å². The Balaban J connectivity index is 2.45. The van der Waals surface area contributed by atoms with E-state index in [0.717, 1.165) is 50.0 Å². The van der Waals surface area contributed by atoms with Crippen LogP contribution in [0.4, 0.5) is 0 Å². The fraction of sp³-hybridized carbons (Fsp3) is 0.688. The van der Waals surface area contributed by atoms with Gasteiger partial charge in [-0.3, -0.25) is 4.79 Å². The van der Waals surface area contributed by atoms with Crippen LogP contribution in [0.2, 0.25) is 0 Å². The molecule has 4 nitrogen and oxygen atoms in total. The number of aliphatic hydroxyl groups excluding tert-OH is 1. The van der Waals surface area contributed by atoms with Gasteiger partial charge in [-0.15, -0.1) is 0 Å². The Bertz CT molecular complexity index is 420. The van der Waals surface area contributed by atoms with Gasteiger partial charge in [-0.1, -0.05) is 6.42 Å². The van der Waals surface area contributed by atoms with E-state index in [2.05, 4.69) is 13.8 Å². The zero-order chi connectivity index (χ0) is 15.0. The summed E-state index contributed by atoms with van der Waals surface area (Å²) < 4.78 is 5.92. The molecule has 0 bridgehead atoms. The normalized spacial score (nSPS) is 10.9. The number of hydrogen-bond donors (Lipinski definition) is 2. The lowest BCUT2D eigenvalue weighted by Gasteiger charge is -1.99. The Hall–Kier alpha value is -1.29. The molecule has 1 rings (SSSR count). The first-order chi connectivity index (χ1) is 9.56. The van der Waals surface area contributed by atoms with Gasteiger partial charge in [0.05, 0.1) is 0 Å². The van der Waals surface area contributed by atoms with Gasteiger partial charge in [-0.05, 0) is 50.7 Å². The number of aliphatic carboxylic acids is 1. The van der Waals surface area contributed by atoms with Crippen LogP contribution in [-0.4, -0.2) is 22.8 Å². The number of carboxylic acids is 1. The summed E-state index contributed by atoms with van der Waals surface area (Å²) in [6.45, 7) is 4.41. The Labute approximate surface area is 120 Å². The number of unbranched alkanes of at least 4 members (excludes halogenated alkanes) is 3. The summed E-state index contributed by atoms with van der Waals surface area (Å²) in [6, 6.07) is 0. The SMILES string of the molecule is Cc1c(CCCCCO)oc(CCCCC(=O)O)c1C. The van der Waals surface area contributed by atoms with Gasteiger partial charge in [0.25, 0.3) is 0 Å². The smallest absolute Gasteiger partial charge is 0.303 e. The van der Waals surface area contributed by atoms with Crippen molar-refractivity contribution in [3.8, 4) is 0 Å². The maximum atomic E-state index is 10.5. The molecule has 0 amide bonds. The first-order valence-corrected chi connectivity index (χ1v) is 7.46. The van der Waals surface area contributed by atoms with E-state index in [1.165, 1.54) is 11.1 Å². The van der Waals surface area contributed by atoms with Crippen LogP contribution in [0.5, 0.6) is 0 Å². The summed E-state index contributed by atoms with van der Waals surface area (Å²) in [5.74, 6) is 1.32. The molecule has 0 aliphatic heterocycles. The largest absolute Gasteiger partial charge is 0.481 e. The molecule has 1 heterocycles. The monoisotopic (exact) mass is 282 g/mol. The van der Waals surface area contributed by atoms with Gasteiger partial charge in [0.2, 0.25) is 0 Å². The number of aliphatic hydroxyl groups is 1. The number of carboxylic acid groups (broad SMARTS) is 1. The molecular weight excluding hydrogens is 256 g/mol. The van der Waals surface area contributed by atoms with Crippen molar-refractivity contribution in [2.24, 2.45) is 0 Å². The number of aryl methyl sites for hydroxylation is 2.